The number of nitrogens with zero attached hydrogens (tertiary/aromatic N) is 1. The van der Waals surface area contributed by atoms with Crippen LogP contribution < -0.4 is 0 Å². The molecule has 0 saturated carbocycles. The van der Waals surface area contributed by atoms with Crippen LogP contribution in [0.25, 0.3) is 69.9 Å². The summed E-state index contributed by atoms with van der Waals surface area (Å²) in [6.07, 6.45) is 0. The summed E-state index contributed by atoms with van der Waals surface area (Å²) < 4.78 is 6.19. The Hall–Kier alpha value is -4.18. The molecule has 184 valence electrons. The van der Waals surface area contributed by atoms with E-state index in [0.29, 0.717) is 0 Å². The molecule has 1 nitrogen and oxygen atoms in total. The van der Waals surface area contributed by atoms with Crippen molar-refractivity contribution in [2.45, 2.75) is 0 Å². The second-order valence-electron chi connectivity index (χ2n) is 9.92. The molecule has 0 amide bonds. The zero-order valence-corrected chi connectivity index (χ0v) is 23.3. The van der Waals surface area contributed by atoms with Crippen LogP contribution >= 0.6 is 27.3 Å². The highest BCUT2D eigenvalue weighted by molar-refractivity contribution is 9.10. The van der Waals surface area contributed by atoms with Gasteiger partial charge >= 0.3 is 0 Å². The number of hydrogen-bond acceptors (Lipinski definition) is 1. The second-order valence-corrected chi connectivity index (χ2v) is 11.9. The fraction of sp³-hybridized carbons (Fsp3) is 0. The van der Waals surface area contributed by atoms with Gasteiger partial charge in [-0.25, -0.2) is 0 Å². The Morgan fingerprint density at radius 1 is 0.462 bits per heavy atom. The van der Waals surface area contributed by atoms with Gasteiger partial charge in [0.25, 0.3) is 0 Å². The van der Waals surface area contributed by atoms with Crippen LogP contribution in [0.2, 0.25) is 0 Å². The minimum atomic E-state index is 1.11. The number of fused-ring (bicyclic) bond motifs is 6. The number of aromatic nitrogens is 1. The number of benzene rings is 6. The van der Waals surface area contributed by atoms with Crippen molar-refractivity contribution in [1.82, 2.24) is 4.57 Å². The lowest BCUT2D eigenvalue weighted by atomic mass is 9.98. The van der Waals surface area contributed by atoms with E-state index in [1.54, 1.807) is 0 Å². The van der Waals surface area contributed by atoms with Gasteiger partial charge in [-0.2, -0.15) is 0 Å². The first kappa shape index (κ1) is 22.8. The van der Waals surface area contributed by atoms with Crippen molar-refractivity contribution in [1.29, 1.82) is 0 Å². The van der Waals surface area contributed by atoms with Gasteiger partial charge in [0.15, 0.2) is 0 Å². The third-order valence-electron chi connectivity index (χ3n) is 7.67. The normalized spacial score (nSPS) is 11.7. The summed E-state index contributed by atoms with van der Waals surface area (Å²) in [6, 6.07) is 48.5. The number of thiophene rings is 1. The maximum Gasteiger partial charge on any atom is 0.0547 e. The molecule has 2 heterocycles. The van der Waals surface area contributed by atoms with Gasteiger partial charge < -0.3 is 4.57 Å². The third-order valence-corrected chi connectivity index (χ3v) is 9.52. The molecule has 0 saturated heterocycles. The van der Waals surface area contributed by atoms with Crippen LogP contribution in [0, 0.1) is 0 Å². The molecule has 8 rings (SSSR count). The fourth-order valence-corrected chi connectivity index (χ4v) is 7.44. The molecule has 0 atom stereocenters. The van der Waals surface area contributed by atoms with E-state index in [-0.39, 0.29) is 0 Å². The highest BCUT2D eigenvalue weighted by Gasteiger charge is 2.15. The summed E-state index contributed by atoms with van der Waals surface area (Å²) in [4.78, 5) is 0. The van der Waals surface area contributed by atoms with E-state index in [0.717, 1.165) is 4.47 Å². The molecular weight excluding hydrogens is 558 g/mol. The first-order valence-corrected chi connectivity index (χ1v) is 14.7. The molecule has 2 aromatic heterocycles. The van der Waals surface area contributed by atoms with Crippen molar-refractivity contribution < 1.29 is 0 Å². The summed E-state index contributed by atoms with van der Waals surface area (Å²) in [6.45, 7) is 0. The molecule has 0 bridgehead atoms. The van der Waals surface area contributed by atoms with Gasteiger partial charge in [-0.3, -0.25) is 0 Å². The van der Waals surface area contributed by atoms with Crippen LogP contribution in [-0.4, -0.2) is 4.57 Å². The van der Waals surface area contributed by atoms with Crippen molar-refractivity contribution in [2.24, 2.45) is 0 Å². The average Bonchev–Trinajstić information content (AvgIpc) is 3.52. The molecule has 0 N–H and O–H groups in total. The molecule has 0 spiro atoms. The smallest absolute Gasteiger partial charge is 0.0547 e. The zero-order chi connectivity index (χ0) is 25.9. The van der Waals surface area contributed by atoms with E-state index in [2.05, 4.69) is 154 Å². The number of rotatable bonds is 3. The number of halogens is 1. The first-order chi connectivity index (χ1) is 19.2. The summed E-state index contributed by atoms with van der Waals surface area (Å²) in [5.74, 6) is 0. The molecule has 0 aliphatic rings. The molecule has 0 fully saturated rings. The van der Waals surface area contributed by atoms with E-state index in [9.17, 15) is 0 Å². The second kappa shape index (κ2) is 8.94. The minimum absolute atomic E-state index is 1.11. The average molecular weight is 581 g/mol. The predicted molar refractivity (Wildman–Crippen MR) is 172 cm³/mol. The first-order valence-electron chi connectivity index (χ1n) is 13.0. The van der Waals surface area contributed by atoms with Gasteiger partial charge in [-0.15, -0.1) is 11.3 Å². The van der Waals surface area contributed by atoms with Crippen LogP contribution in [0.4, 0.5) is 0 Å². The van der Waals surface area contributed by atoms with Crippen LogP contribution in [0.15, 0.2) is 138 Å². The molecule has 8 aromatic rings. The van der Waals surface area contributed by atoms with Crippen molar-refractivity contribution >= 4 is 69.2 Å². The van der Waals surface area contributed by atoms with Crippen LogP contribution in [0.1, 0.15) is 0 Å². The van der Waals surface area contributed by atoms with Crippen molar-refractivity contribution in [2.75, 3.05) is 0 Å². The van der Waals surface area contributed by atoms with Gasteiger partial charge in [0.1, 0.15) is 0 Å². The largest absolute Gasteiger partial charge is 0.309 e. The molecule has 3 heteroatoms. The lowest BCUT2D eigenvalue weighted by molar-refractivity contribution is 1.19. The topological polar surface area (TPSA) is 4.93 Å². The van der Waals surface area contributed by atoms with Crippen LogP contribution in [-0.2, 0) is 0 Å². The Balaban J connectivity index is 1.36. The van der Waals surface area contributed by atoms with E-state index in [1.165, 1.54) is 69.9 Å². The molecule has 0 aliphatic carbocycles. The third kappa shape index (κ3) is 3.65. The van der Waals surface area contributed by atoms with Crippen LogP contribution in [0.3, 0.4) is 0 Å². The monoisotopic (exact) mass is 579 g/mol. The molecular formula is C36H22BrNS. The Morgan fingerprint density at radius 2 is 1.18 bits per heavy atom. The van der Waals surface area contributed by atoms with Crippen LogP contribution in [0.5, 0.6) is 0 Å². The van der Waals surface area contributed by atoms with Gasteiger partial charge in [-0.1, -0.05) is 101 Å². The lowest BCUT2D eigenvalue weighted by Crippen LogP contribution is -1.93. The molecule has 6 aromatic carbocycles. The lowest BCUT2D eigenvalue weighted by Gasteiger charge is -2.11. The summed E-state index contributed by atoms with van der Waals surface area (Å²) in [7, 11) is 0. The molecule has 39 heavy (non-hydrogen) atoms. The van der Waals surface area contributed by atoms with Crippen molar-refractivity contribution in [3.8, 4) is 27.9 Å². The van der Waals surface area contributed by atoms with Crippen molar-refractivity contribution in [3.05, 3.63) is 138 Å². The molecule has 0 unspecified atom stereocenters. The quantitative estimate of drug-likeness (QED) is 0.196. The zero-order valence-electron chi connectivity index (χ0n) is 20.9. The Labute approximate surface area is 238 Å². The van der Waals surface area contributed by atoms with E-state index >= 15 is 0 Å². The van der Waals surface area contributed by atoms with Gasteiger partial charge in [0.05, 0.1) is 11.0 Å². The fourth-order valence-electron chi connectivity index (χ4n) is 5.84. The highest BCUT2D eigenvalue weighted by atomic mass is 79.9. The van der Waals surface area contributed by atoms with Gasteiger partial charge in [0.2, 0.25) is 0 Å². The SMILES string of the molecule is Brc1ccccc1-c1cccc(-c2ccc3c4ccccc4n(-c4ccc5sc6ccccc6c5c4)c3c2)c1. The predicted octanol–water partition coefficient (Wildman–Crippen LogP) is 11.2. The maximum absolute atomic E-state index is 3.73. The van der Waals surface area contributed by atoms with E-state index in [1.807, 2.05) is 11.3 Å². The Morgan fingerprint density at radius 3 is 2.10 bits per heavy atom. The van der Waals surface area contributed by atoms with Gasteiger partial charge in [0, 0.05) is 41.1 Å². The number of hydrogen-bond donors (Lipinski definition) is 0. The van der Waals surface area contributed by atoms with E-state index in [4.69, 9.17) is 0 Å². The molecule has 0 radical (unpaired) electrons. The Bertz CT molecular complexity index is 2200. The summed E-state index contributed by atoms with van der Waals surface area (Å²) >= 11 is 5.59. The van der Waals surface area contributed by atoms with E-state index < -0.39 is 0 Å². The highest BCUT2D eigenvalue weighted by Crippen LogP contribution is 2.39. The molecule has 0 aliphatic heterocycles. The van der Waals surface area contributed by atoms with Gasteiger partial charge in [-0.05, 0) is 70.8 Å². The minimum Gasteiger partial charge on any atom is -0.309 e. The standard InChI is InChI=1S/C36H22BrNS/c37-32-13-4-1-10-27(32)25-9-7-8-23(20-25)24-16-18-29-28-11-2-5-14-33(28)38(34(29)21-24)26-17-19-36-31(22-26)30-12-3-6-15-35(30)39-36/h1-22H. The maximum atomic E-state index is 3.73. The summed E-state index contributed by atoms with van der Waals surface area (Å²) in [5, 5.41) is 5.18. The Kier molecular flexibility index (Phi) is 5.22. The summed E-state index contributed by atoms with van der Waals surface area (Å²) in [5.41, 5.74) is 8.46. The van der Waals surface area contributed by atoms with Crippen molar-refractivity contribution in [3.63, 3.8) is 0 Å². The number of para-hydroxylation sites is 1.